The van der Waals surface area contributed by atoms with Crippen molar-refractivity contribution in [3.8, 4) is 0 Å². The van der Waals surface area contributed by atoms with Crippen LogP contribution < -0.4 is 0 Å². The fourth-order valence-electron chi connectivity index (χ4n) is 2.10. The summed E-state index contributed by atoms with van der Waals surface area (Å²) in [6.45, 7) is 0. The van der Waals surface area contributed by atoms with Gasteiger partial charge in [-0.25, -0.2) is 4.79 Å². The van der Waals surface area contributed by atoms with Crippen LogP contribution in [0.4, 0.5) is 0 Å². The largest absolute Gasteiger partial charge is 0.502 e. The average Bonchev–Trinajstić information content (AvgIpc) is 2.95. The summed E-state index contributed by atoms with van der Waals surface area (Å²) in [7, 11) is 4.55. The van der Waals surface area contributed by atoms with Crippen molar-refractivity contribution in [2.24, 2.45) is 0 Å². The van der Waals surface area contributed by atoms with Crippen LogP contribution in [0.3, 0.4) is 0 Å². The highest BCUT2D eigenvalue weighted by atomic mass is 79.9. The molecule has 0 unspecified atom stereocenters. The zero-order valence-corrected chi connectivity index (χ0v) is 17.1. The Morgan fingerprint density at radius 2 is 2.08 bits per heavy atom. The average molecular weight is 454 g/mol. The lowest BCUT2D eigenvalue weighted by Gasteiger charge is -2.33. The van der Waals surface area contributed by atoms with E-state index in [0.717, 1.165) is 15.1 Å². The molecule has 1 heterocycles. The quantitative estimate of drug-likeness (QED) is 0.370. The van der Waals surface area contributed by atoms with Crippen molar-refractivity contribution in [3.63, 3.8) is 0 Å². The third kappa shape index (κ3) is 3.96. The molecule has 0 saturated heterocycles. The number of methoxy groups -OCH3 is 2. The van der Waals surface area contributed by atoms with Crippen molar-refractivity contribution in [1.82, 2.24) is 10.0 Å². The predicted molar refractivity (Wildman–Crippen MR) is 101 cm³/mol. The highest BCUT2D eigenvalue weighted by molar-refractivity contribution is 9.14. The van der Waals surface area contributed by atoms with Crippen LogP contribution >= 0.6 is 50.9 Å². The third-order valence-electron chi connectivity index (χ3n) is 3.29. The summed E-state index contributed by atoms with van der Waals surface area (Å²) in [4.78, 5) is 12.0. The van der Waals surface area contributed by atoms with E-state index >= 15 is 0 Å². The summed E-state index contributed by atoms with van der Waals surface area (Å²) in [5, 5.41) is 4.53. The molecule has 1 aliphatic rings. The zero-order chi connectivity index (χ0) is 17.9. The van der Waals surface area contributed by atoms with Crippen LogP contribution in [0, 0.1) is 0 Å². The van der Waals surface area contributed by atoms with Crippen LogP contribution in [0.15, 0.2) is 34.0 Å². The lowest BCUT2D eigenvalue weighted by Crippen LogP contribution is -2.38. The molecule has 1 aromatic carbocycles. The van der Waals surface area contributed by atoms with Gasteiger partial charge in [0.15, 0.2) is 5.70 Å². The first-order chi connectivity index (χ1) is 11.4. The van der Waals surface area contributed by atoms with Gasteiger partial charge in [-0.15, -0.1) is 0 Å². The Bertz CT molecular complexity index is 712. The molecule has 24 heavy (non-hydrogen) atoms. The number of hydrogen-bond acceptors (Lipinski definition) is 6. The molecule has 130 valence electrons. The van der Waals surface area contributed by atoms with Gasteiger partial charge in [-0.3, -0.25) is 10.0 Å². The van der Waals surface area contributed by atoms with Gasteiger partial charge in [0.2, 0.25) is 0 Å². The fraction of sp³-hybridized carbons (Fsp3) is 0.267. The standard InChI is InChI=1S/C15H15BrCl2N2O3S/c1-19(12(7-22-2)15(21)23-3)20-8-24-14(16)13(20)9-4-5-10(17)11(18)6-9/h4-7H,8H2,1-3H3/b12-7+. The number of likely N-dealkylation sites (N-methyl/N-ethyl adjacent to an activating group) is 1. The molecule has 0 N–H and O–H groups in total. The van der Waals surface area contributed by atoms with Crippen LogP contribution in [0.25, 0.3) is 5.70 Å². The molecule has 0 radical (unpaired) electrons. The Morgan fingerprint density at radius 3 is 2.67 bits per heavy atom. The van der Waals surface area contributed by atoms with E-state index in [1.165, 1.54) is 20.5 Å². The number of thioether (sulfide) groups is 1. The lowest BCUT2D eigenvalue weighted by atomic mass is 10.2. The molecule has 0 spiro atoms. The summed E-state index contributed by atoms with van der Waals surface area (Å²) >= 11 is 17.3. The second-order valence-corrected chi connectivity index (χ2v) is 7.77. The molecule has 2 rings (SSSR count). The minimum absolute atomic E-state index is 0.264. The minimum Gasteiger partial charge on any atom is -0.502 e. The van der Waals surface area contributed by atoms with Crippen molar-refractivity contribution in [1.29, 1.82) is 0 Å². The normalized spacial score (nSPS) is 14.9. The number of esters is 1. The molecule has 0 aliphatic carbocycles. The van der Waals surface area contributed by atoms with Crippen LogP contribution in [-0.4, -0.2) is 43.1 Å². The van der Waals surface area contributed by atoms with Crippen molar-refractivity contribution < 1.29 is 14.3 Å². The maximum absolute atomic E-state index is 12.0. The van der Waals surface area contributed by atoms with Crippen molar-refractivity contribution in [3.05, 3.63) is 49.6 Å². The Hall–Kier alpha value is -1.02. The molecular weight excluding hydrogens is 439 g/mol. The maximum atomic E-state index is 12.0. The smallest absolute Gasteiger partial charge is 0.359 e. The summed E-state index contributed by atoms with van der Waals surface area (Å²) < 4.78 is 10.8. The van der Waals surface area contributed by atoms with Crippen molar-refractivity contribution in [2.75, 3.05) is 27.1 Å². The van der Waals surface area contributed by atoms with E-state index in [9.17, 15) is 4.79 Å². The molecule has 0 aromatic heterocycles. The predicted octanol–water partition coefficient (Wildman–Crippen LogP) is 4.53. The van der Waals surface area contributed by atoms with E-state index in [0.29, 0.717) is 15.9 Å². The van der Waals surface area contributed by atoms with Gasteiger partial charge in [-0.1, -0.05) is 41.0 Å². The zero-order valence-electron chi connectivity index (χ0n) is 13.2. The molecule has 1 aliphatic heterocycles. The molecule has 0 bridgehead atoms. The van der Waals surface area contributed by atoms with E-state index in [2.05, 4.69) is 15.9 Å². The molecular formula is C15H15BrCl2N2O3S. The van der Waals surface area contributed by atoms with Crippen LogP contribution in [0.1, 0.15) is 5.56 Å². The van der Waals surface area contributed by atoms with Gasteiger partial charge >= 0.3 is 5.97 Å². The monoisotopic (exact) mass is 452 g/mol. The molecule has 5 nitrogen and oxygen atoms in total. The van der Waals surface area contributed by atoms with Gasteiger partial charge < -0.3 is 9.47 Å². The summed E-state index contributed by atoms with van der Waals surface area (Å²) in [6.07, 6.45) is 1.34. The second kappa shape index (κ2) is 8.38. The Kier molecular flexibility index (Phi) is 6.74. The summed E-state index contributed by atoms with van der Waals surface area (Å²) in [5.74, 6) is 0.103. The number of rotatable bonds is 5. The Balaban J connectivity index is 2.40. The van der Waals surface area contributed by atoms with Crippen LogP contribution in [0.5, 0.6) is 0 Å². The van der Waals surface area contributed by atoms with Crippen molar-refractivity contribution in [2.45, 2.75) is 0 Å². The van der Waals surface area contributed by atoms with Gasteiger partial charge in [0, 0.05) is 12.6 Å². The van der Waals surface area contributed by atoms with Gasteiger partial charge in [0.05, 0.1) is 39.7 Å². The molecule has 1 aromatic rings. The molecule has 0 saturated carbocycles. The molecule has 0 atom stereocenters. The molecule has 0 fully saturated rings. The fourth-order valence-corrected chi connectivity index (χ4v) is 4.03. The number of carbonyl (C=O) groups excluding carboxylic acids is 1. The first kappa shape index (κ1) is 19.3. The number of benzene rings is 1. The number of carbonyl (C=O) groups is 1. The highest BCUT2D eigenvalue weighted by Crippen LogP contribution is 2.43. The minimum atomic E-state index is -0.499. The molecule has 9 heteroatoms. The van der Waals surface area contributed by atoms with E-state index in [4.69, 9.17) is 32.7 Å². The van der Waals surface area contributed by atoms with E-state index < -0.39 is 5.97 Å². The number of ether oxygens (including phenoxy) is 2. The van der Waals surface area contributed by atoms with Gasteiger partial charge in [-0.2, -0.15) is 0 Å². The van der Waals surface area contributed by atoms with E-state index in [1.807, 2.05) is 11.1 Å². The maximum Gasteiger partial charge on any atom is 0.359 e. The topological polar surface area (TPSA) is 42.0 Å². The number of hydrazine groups is 1. The third-order valence-corrected chi connectivity index (χ3v) is 5.91. The Morgan fingerprint density at radius 1 is 1.38 bits per heavy atom. The summed E-state index contributed by atoms with van der Waals surface area (Å²) in [6, 6.07) is 5.39. The van der Waals surface area contributed by atoms with Gasteiger partial charge in [0.25, 0.3) is 0 Å². The summed E-state index contributed by atoms with van der Waals surface area (Å²) in [5.41, 5.74) is 2.00. The molecule has 0 amide bonds. The van der Waals surface area contributed by atoms with E-state index in [1.54, 1.807) is 36.0 Å². The number of halogens is 3. The number of hydrogen-bond donors (Lipinski definition) is 0. The Labute approximate surface area is 163 Å². The second-order valence-electron chi connectivity index (χ2n) is 4.68. The van der Waals surface area contributed by atoms with E-state index in [-0.39, 0.29) is 5.70 Å². The lowest BCUT2D eigenvalue weighted by molar-refractivity contribution is -0.139. The SMILES string of the molecule is CO/C=C(\C(=O)OC)N(C)N1CSC(Br)=C1c1ccc(Cl)c(Cl)c1. The van der Waals surface area contributed by atoms with Gasteiger partial charge in [-0.05, 0) is 28.1 Å². The van der Waals surface area contributed by atoms with Gasteiger partial charge in [0.1, 0.15) is 6.26 Å². The first-order valence-corrected chi connectivity index (χ1v) is 9.24. The first-order valence-electron chi connectivity index (χ1n) is 6.71. The highest BCUT2D eigenvalue weighted by Gasteiger charge is 2.30. The van der Waals surface area contributed by atoms with Crippen LogP contribution in [-0.2, 0) is 14.3 Å². The number of nitrogens with zero attached hydrogens (tertiary/aromatic N) is 2. The van der Waals surface area contributed by atoms with Crippen LogP contribution in [0.2, 0.25) is 10.0 Å². The van der Waals surface area contributed by atoms with Crippen molar-refractivity contribution >= 4 is 62.6 Å².